The lowest BCUT2D eigenvalue weighted by molar-refractivity contribution is 0.610. The molecule has 0 aromatic carbocycles. The lowest BCUT2D eigenvalue weighted by Gasteiger charge is -2.11. The van der Waals surface area contributed by atoms with Gasteiger partial charge in [0.2, 0.25) is 0 Å². The number of thiophene rings is 1. The first-order valence-electron chi connectivity index (χ1n) is 4.69. The maximum absolute atomic E-state index is 3.51. The first-order chi connectivity index (χ1) is 6.34. The van der Waals surface area contributed by atoms with Gasteiger partial charge in [-0.15, -0.1) is 11.3 Å². The molecule has 13 heavy (non-hydrogen) atoms. The van der Waals surface area contributed by atoms with Crippen molar-refractivity contribution in [2.75, 3.05) is 18.1 Å². The highest BCUT2D eigenvalue weighted by atomic mass is 32.2. The molecule has 0 aliphatic rings. The molecule has 1 heterocycles. The number of thioether (sulfide) groups is 1. The van der Waals surface area contributed by atoms with E-state index in [0.717, 1.165) is 6.54 Å². The van der Waals surface area contributed by atoms with Crippen LogP contribution in [0.2, 0.25) is 0 Å². The topological polar surface area (TPSA) is 12.0 Å². The maximum atomic E-state index is 3.51. The van der Waals surface area contributed by atoms with E-state index in [1.54, 1.807) is 0 Å². The highest BCUT2D eigenvalue weighted by molar-refractivity contribution is 7.99. The molecule has 0 aliphatic carbocycles. The van der Waals surface area contributed by atoms with Gasteiger partial charge in [-0.25, -0.2) is 0 Å². The molecule has 0 fully saturated rings. The largest absolute Gasteiger partial charge is 0.309 e. The zero-order valence-corrected chi connectivity index (χ0v) is 9.88. The van der Waals surface area contributed by atoms with Gasteiger partial charge >= 0.3 is 0 Å². The predicted octanol–water partition coefficient (Wildman–Crippen LogP) is 3.15. The molecule has 0 radical (unpaired) electrons. The first-order valence-corrected chi connectivity index (χ1v) is 6.72. The van der Waals surface area contributed by atoms with Crippen molar-refractivity contribution in [1.82, 2.24) is 5.32 Å². The number of hydrogen-bond acceptors (Lipinski definition) is 3. The molecule has 1 aromatic heterocycles. The minimum Gasteiger partial charge on any atom is -0.309 e. The Morgan fingerprint density at radius 3 is 3.08 bits per heavy atom. The fourth-order valence-electron chi connectivity index (χ4n) is 1.13. The Hall–Kier alpha value is 0.01000. The fourth-order valence-corrected chi connectivity index (χ4v) is 2.44. The second-order valence-corrected chi connectivity index (χ2v) is 5.26. The SMILES string of the molecule is CCSCCN[C@H](C)c1cccs1. The normalized spacial score (nSPS) is 13.1. The molecular weight excluding hydrogens is 198 g/mol. The first kappa shape index (κ1) is 11.1. The van der Waals surface area contributed by atoms with E-state index in [-0.39, 0.29) is 0 Å². The van der Waals surface area contributed by atoms with Gasteiger partial charge in [-0.3, -0.25) is 0 Å². The lowest BCUT2D eigenvalue weighted by Crippen LogP contribution is -2.20. The molecule has 1 aromatic rings. The summed E-state index contributed by atoms with van der Waals surface area (Å²) >= 11 is 3.81. The van der Waals surface area contributed by atoms with E-state index in [4.69, 9.17) is 0 Å². The molecule has 0 unspecified atom stereocenters. The summed E-state index contributed by atoms with van der Waals surface area (Å²) in [6, 6.07) is 4.81. The van der Waals surface area contributed by atoms with E-state index >= 15 is 0 Å². The van der Waals surface area contributed by atoms with E-state index in [9.17, 15) is 0 Å². The van der Waals surface area contributed by atoms with Gasteiger partial charge in [0.25, 0.3) is 0 Å². The molecule has 3 heteroatoms. The minimum absolute atomic E-state index is 0.512. The van der Waals surface area contributed by atoms with E-state index in [1.165, 1.54) is 16.4 Å². The third-order valence-electron chi connectivity index (χ3n) is 1.87. The molecule has 0 saturated carbocycles. The van der Waals surface area contributed by atoms with Crippen LogP contribution in [0.5, 0.6) is 0 Å². The molecule has 1 N–H and O–H groups in total. The van der Waals surface area contributed by atoms with Gasteiger partial charge < -0.3 is 5.32 Å². The van der Waals surface area contributed by atoms with Gasteiger partial charge in [0, 0.05) is 23.2 Å². The van der Waals surface area contributed by atoms with Gasteiger partial charge in [0.05, 0.1) is 0 Å². The molecule has 0 amide bonds. The summed E-state index contributed by atoms with van der Waals surface area (Å²) in [5.74, 6) is 2.43. The smallest absolute Gasteiger partial charge is 0.0386 e. The summed E-state index contributed by atoms with van der Waals surface area (Å²) in [4.78, 5) is 1.43. The zero-order chi connectivity index (χ0) is 9.52. The van der Waals surface area contributed by atoms with Crippen LogP contribution in [0.15, 0.2) is 17.5 Å². The van der Waals surface area contributed by atoms with Crippen molar-refractivity contribution in [2.24, 2.45) is 0 Å². The molecule has 0 bridgehead atoms. The van der Waals surface area contributed by atoms with Gasteiger partial charge in [0.1, 0.15) is 0 Å². The second kappa shape index (κ2) is 6.46. The van der Waals surface area contributed by atoms with Gasteiger partial charge in [-0.05, 0) is 24.1 Å². The third-order valence-corrected chi connectivity index (χ3v) is 3.83. The van der Waals surface area contributed by atoms with Crippen LogP contribution in [0.1, 0.15) is 24.8 Å². The van der Waals surface area contributed by atoms with Gasteiger partial charge in [0.15, 0.2) is 0 Å². The van der Waals surface area contributed by atoms with E-state index in [0.29, 0.717) is 6.04 Å². The molecular formula is C10H17NS2. The van der Waals surface area contributed by atoms with Crippen LogP contribution in [-0.2, 0) is 0 Å². The Morgan fingerprint density at radius 1 is 1.62 bits per heavy atom. The van der Waals surface area contributed by atoms with E-state index in [1.807, 2.05) is 23.1 Å². The van der Waals surface area contributed by atoms with Gasteiger partial charge in [-0.2, -0.15) is 11.8 Å². The Morgan fingerprint density at radius 2 is 2.46 bits per heavy atom. The van der Waals surface area contributed by atoms with Crippen LogP contribution in [0.25, 0.3) is 0 Å². The Labute approximate surface area is 88.9 Å². The summed E-state index contributed by atoms with van der Waals surface area (Å²) in [6.07, 6.45) is 0. The van der Waals surface area contributed by atoms with Crippen molar-refractivity contribution in [1.29, 1.82) is 0 Å². The van der Waals surface area contributed by atoms with Crippen LogP contribution in [-0.4, -0.2) is 18.1 Å². The Balaban J connectivity index is 2.15. The quantitative estimate of drug-likeness (QED) is 0.732. The van der Waals surface area contributed by atoms with Crippen molar-refractivity contribution in [3.8, 4) is 0 Å². The standard InChI is InChI=1S/C10H17NS2/c1-3-12-8-6-11-9(2)10-5-4-7-13-10/h4-5,7,9,11H,3,6,8H2,1-2H3/t9-/m1/s1. The van der Waals surface area contributed by atoms with Crippen LogP contribution in [0.3, 0.4) is 0 Å². The lowest BCUT2D eigenvalue weighted by atomic mass is 10.3. The Bertz CT molecular complexity index is 209. The average Bonchev–Trinajstić information content (AvgIpc) is 2.65. The number of hydrogen-bond donors (Lipinski definition) is 1. The zero-order valence-electron chi connectivity index (χ0n) is 8.25. The monoisotopic (exact) mass is 215 g/mol. The fraction of sp³-hybridized carbons (Fsp3) is 0.600. The van der Waals surface area contributed by atoms with Crippen LogP contribution in [0, 0.1) is 0 Å². The average molecular weight is 215 g/mol. The van der Waals surface area contributed by atoms with Crippen molar-refractivity contribution in [3.05, 3.63) is 22.4 Å². The summed E-state index contributed by atoms with van der Waals surface area (Å²) in [7, 11) is 0. The van der Waals surface area contributed by atoms with Crippen LogP contribution in [0.4, 0.5) is 0 Å². The molecule has 0 saturated heterocycles. The van der Waals surface area contributed by atoms with E-state index in [2.05, 4.69) is 36.7 Å². The van der Waals surface area contributed by atoms with Crippen LogP contribution < -0.4 is 5.32 Å². The summed E-state index contributed by atoms with van der Waals surface area (Å²) in [6.45, 7) is 5.54. The van der Waals surface area contributed by atoms with Gasteiger partial charge in [-0.1, -0.05) is 13.0 Å². The molecule has 0 spiro atoms. The van der Waals surface area contributed by atoms with Crippen molar-refractivity contribution in [3.63, 3.8) is 0 Å². The summed E-state index contributed by atoms with van der Waals surface area (Å²) in [5.41, 5.74) is 0. The van der Waals surface area contributed by atoms with E-state index < -0.39 is 0 Å². The highest BCUT2D eigenvalue weighted by Crippen LogP contribution is 2.17. The van der Waals surface area contributed by atoms with Crippen molar-refractivity contribution in [2.45, 2.75) is 19.9 Å². The summed E-state index contributed by atoms with van der Waals surface area (Å²) in [5, 5.41) is 5.64. The molecule has 1 rings (SSSR count). The maximum Gasteiger partial charge on any atom is 0.0386 e. The minimum atomic E-state index is 0.512. The third kappa shape index (κ3) is 4.16. The highest BCUT2D eigenvalue weighted by Gasteiger charge is 2.03. The molecule has 1 atom stereocenters. The summed E-state index contributed by atoms with van der Waals surface area (Å²) < 4.78 is 0. The second-order valence-electron chi connectivity index (χ2n) is 2.89. The predicted molar refractivity (Wildman–Crippen MR) is 63.7 cm³/mol. The molecule has 1 nitrogen and oxygen atoms in total. The molecule has 74 valence electrons. The van der Waals surface area contributed by atoms with Crippen molar-refractivity contribution >= 4 is 23.1 Å². The number of rotatable bonds is 6. The Kier molecular flexibility index (Phi) is 5.51. The number of nitrogens with one attached hydrogen (secondary N) is 1. The molecule has 0 aliphatic heterocycles. The van der Waals surface area contributed by atoms with Crippen molar-refractivity contribution < 1.29 is 0 Å². The van der Waals surface area contributed by atoms with Crippen LogP contribution >= 0.6 is 23.1 Å².